The van der Waals surface area contributed by atoms with Crippen molar-refractivity contribution < 1.29 is 14.7 Å². The average molecular weight is 306 g/mol. The van der Waals surface area contributed by atoms with Crippen LogP contribution in [-0.2, 0) is 4.79 Å². The summed E-state index contributed by atoms with van der Waals surface area (Å²) in [7, 11) is 0. The number of nitrogens with one attached hydrogen (secondary N) is 1. The number of rotatable bonds is 5. The van der Waals surface area contributed by atoms with E-state index in [1.54, 1.807) is 24.7 Å². The molecule has 21 heavy (non-hydrogen) atoms. The number of hydrogen-bond donors (Lipinski definition) is 2. The summed E-state index contributed by atoms with van der Waals surface area (Å²) in [5.74, 6) is -1.60. The zero-order valence-corrected chi connectivity index (χ0v) is 12.3. The Morgan fingerprint density at radius 3 is 2.76 bits per heavy atom. The number of nitrogens with zero attached hydrogens (tertiary/aromatic N) is 3. The molecule has 2 rings (SSSR count). The van der Waals surface area contributed by atoms with Crippen molar-refractivity contribution in [3.05, 3.63) is 29.7 Å². The molecule has 0 spiro atoms. The molecule has 2 heterocycles. The highest BCUT2D eigenvalue weighted by molar-refractivity contribution is 7.13. The number of carbonyl (C=O) groups excluding carboxylic acids is 1. The first-order chi connectivity index (χ1) is 9.96. The molecular formula is C13H14N4O3S. The Kier molecular flexibility index (Phi) is 4.27. The van der Waals surface area contributed by atoms with Crippen molar-refractivity contribution in [1.29, 1.82) is 0 Å². The molecule has 1 amide bonds. The lowest BCUT2D eigenvalue weighted by Crippen LogP contribution is -2.51. The minimum absolute atomic E-state index is 0.168. The minimum Gasteiger partial charge on any atom is -0.480 e. The maximum atomic E-state index is 12.1. The Balaban J connectivity index is 2.18. The summed E-state index contributed by atoms with van der Waals surface area (Å²) in [6.45, 7) is 3.16. The molecule has 110 valence electrons. The van der Waals surface area contributed by atoms with Crippen molar-refractivity contribution in [3.8, 4) is 10.7 Å². The van der Waals surface area contributed by atoms with Gasteiger partial charge in [0.1, 0.15) is 21.9 Å². The van der Waals surface area contributed by atoms with Gasteiger partial charge in [0.2, 0.25) is 0 Å². The summed E-state index contributed by atoms with van der Waals surface area (Å²) < 4.78 is 0. The number of aromatic nitrogens is 3. The fourth-order valence-electron chi connectivity index (χ4n) is 1.51. The highest BCUT2D eigenvalue weighted by atomic mass is 32.1. The second-order valence-electron chi connectivity index (χ2n) is 4.57. The molecule has 2 aromatic rings. The molecule has 0 saturated carbocycles. The number of carboxylic acids is 1. The number of hydrogen-bond acceptors (Lipinski definition) is 6. The molecule has 2 N–H and O–H groups in total. The van der Waals surface area contributed by atoms with Crippen LogP contribution in [-0.4, -0.2) is 37.5 Å². The standard InChI is InChI=1S/C13H14N4O3S/c1-3-13(2,12(19)20)17-10(18)9-7-21-11(16-9)8-6-14-4-5-15-8/h4-7H,3H2,1-2H3,(H,17,18)(H,19,20). The van der Waals surface area contributed by atoms with E-state index in [1.807, 2.05) is 0 Å². The van der Waals surface area contributed by atoms with E-state index in [2.05, 4.69) is 20.3 Å². The SMILES string of the molecule is CCC(C)(NC(=O)c1csc(-c2cnccn2)n1)C(=O)O. The average Bonchev–Trinajstić information content (AvgIpc) is 2.97. The van der Waals surface area contributed by atoms with E-state index >= 15 is 0 Å². The molecule has 1 atom stereocenters. The van der Waals surface area contributed by atoms with Gasteiger partial charge in [0, 0.05) is 17.8 Å². The fraction of sp³-hybridized carbons (Fsp3) is 0.308. The van der Waals surface area contributed by atoms with Crippen molar-refractivity contribution >= 4 is 23.2 Å². The first-order valence-corrected chi connectivity index (χ1v) is 7.12. The smallest absolute Gasteiger partial charge is 0.329 e. The van der Waals surface area contributed by atoms with Crippen LogP contribution in [0.5, 0.6) is 0 Å². The molecule has 0 aliphatic rings. The molecule has 1 unspecified atom stereocenters. The molecule has 2 aromatic heterocycles. The molecular weight excluding hydrogens is 292 g/mol. The predicted octanol–water partition coefficient (Wildman–Crippen LogP) is 1.58. The van der Waals surface area contributed by atoms with Crippen LogP contribution >= 0.6 is 11.3 Å². The van der Waals surface area contributed by atoms with Gasteiger partial charge in [0.15, 0.2) is 0 Å². The monoisotopic (exact) mass is 306 g/mol. The third kappa shape index (κ3) is 3.22. The van der Waals surface area contributed by atoms with Crippen LogP contribution in [0.1, 0.15) is 30.8 Å². The lowest BCUT2D eigenvalue weighted by Gasteiger charge is -2.23. The van der Waals surface area contributed by atoms with E-state index < -0.39 is 17.4 Å². The van der Waals surface area contributed by atoms with E-state index in [0.717, 1.165) is 0 Å². The Bertz CT molecular complexity index is 658. The number of thiazole rings is 1. The second-order valence-corrected chi connectivity index (χ2v) is 5.43. The van der Waals surface area contributed by atoms with E-state index in [1.165, 1.54) is 24.5 Å². The Hall–Kier alpha value is -2.35. The zero-order chi connectivity index (χ0) is 15.5. The third-order valence-electron chi connectivity index (χ3n) is 3.09. The van der Waals surface area contributed by atoms with E-state index in [0.29, 0.717) is 10.7 Å². The van der Waals surface area contributed by atoms with Gasteiger partial charge in [0.05, 0.1) is 6.20 Å². The molecule has 7 nitrogen and oxygen atoms in total. The van der Waals surface area contributed by atoms with Gasteiger partial charge < -0.3 is 10.4 Å². The maximum Gasteiger partial charge on any atom is 0.329 e. The summed E-state index contributed by atoms with van der Waals surface area (Å²) in [6.07, 6.45) is 4.91. The molecule has 0 bridgehead atoms. The van der Waals surface area contributed by atoms with Crippen LogP contribution in [0.3, 0.4) is 0 Å². The molecule has 0 saturated heterocycles. The van der Waals surface area contributed by atoms with E-state index in [4.69, 9.17) is 5.11 Å². The molecule has 0 aliphatic heterocycles. The first kappa shape index (κ1) is 15.0. The predicted molar refractivity (Wildman–Crippen MR) is 76.9 cm³/mol. The summed E-state index contributed by atoms with van der Waals surface area (Å²) in [6, 6.07) is 0. The van der Waals surface area contributed by atoms with Gasteiger partial charge >= 0.3 is 5.97 Å². The van der Waals surface area contributed by atoms with Gasteiger partial charge in [0.25, 0.3) is 5.91 Å². The van der Waals surface area contributed by atoms with Crippen molar-refractivity contribution in [1.82, 2.24) is 20.3 Å². The van der Waals surface area contributed by atoms with Crippen molar-refractivity contribution in [2.24, 2.45) is 0 Å². The van der Waals surface area contributed by atoms with Crippen molar-refractivity contribution in [2.75, 3.05) is 0 Å². The van der Waals surface area contributed by atoms with Crippen LogP contribution in [0.25, 0.3) is 10.7 Å². The number of amides is 1. The highest BCUT2D eigenvalue weighted by Crippen LogP contribution is 2.21. The van der Waals surface area contributed by atoms with Gasteiger partial charge in [-0.2, -0.15) is 0 Å². The van der Waals surface area contributed by atoms with Crippen LogP contribution in [0.4, 0.5) is 0 Å². The topological polar surface area (TPSA) is 105 Å². The summed E-state index contributed by atoms with van der Waals surface area (Å²) in [4.78, 5) is 35.5. The number of carbonyl (C=O) groups is 2. The molecule has 8 heteroatoms. The maximum absolute atomic E-state index is 12.1. The summed E-state index contributed by atoms with van der Waals surface area (Å²) in [5.41, 5.74) is -0.576. The fourth-order valence-corrected chi connectivity index (χ4v) is 2.27. The zero-order valence-electron chi connectivity index (χ0n) is 11.5. The van der Waals surface area contributed by atoms with Crippen LogP contribution in [0.15, 0.2) is 24.0 Å². The van der Waals surface area contributed by atoms with Gasteiger partial charge in [-0.1, -0.05) is 6.92 Å². The van der Waals surface area contributed by atoms with Crippen LogP contribution in [0, 0.1) is 0 Å². The van der Waals surface area contributed by atoms with E-state index in [9.17, 15) is 9.59 Å². The molecule has 0 aliphatic carbocycles. The van der Waals surface area contributed by atoms with Crippen molar-refractivity contribution in [3.63, 3.8) is 0 Å². The van der Waals surface area contributed by atoms with Gasteiger partial charge in [-0.15, -0.1) is 11.3 Å². The normalized spacial score (nSPS) is 13.4. The first-order valence-electron chi connectivity index (χ1n) is 6.24. The number of carboxylic acid groups (broad SMARTS) is 1. The van der Waals surface area contributed by atoms with Crippen LogP contribution < -0.4 is 5.32 Å². The molecule has 0 fully saturated rings. The second kappa shape index (κ2) is 5.96. The third-order valence-corrected chi connectivity index (χ3v) is 3.95. The lowest BCUT2D eigenvalue weighted by molar-refractivity contribution is -0.143. The highest BCUT2D eigenvalue weighted by Gasteiger charge is 2.33. The van der Waals surface area contributed by atoms with Crippen LogP contribution in [0.2, 0.25) is 0 Å². The van der Waals surface area contributed by atoms with E-state index in [-0.39, 0.29) is 12.1 Å². The Labute approximate surface area is 125 Å². The quantitative estimate of drug-likeness (QED) is 0.869. The molecule has 0 aromatic carbocycles. The Morgan fingerprint density at radius 1 is 1.43 bits per heavy atom. The van der Waals surface area contributed by atoms with Gasteiger partial charge in [-0.25, -0.2) is 9.78 Å². The summed E-state index contributed by atoms with van der Waals surface area (Å²) >= 11 is 1.25. The molecule has 0 radical (unpaired) electrons. The lowest BCUT2D eigenvalue weighted by atomic mass is 9.99. The Morgan fingerprint density at radius 2 is 2.19 bits per heavy atom. The van der Waals surface area contributed by atoms with Crippen molar-refractivity contribution in [2.45, 2.75) is 25.8 Å². The summed E-state index contributed by atoms with van der Waals surface area (Å²) in [5, 5.41) is 13.8. The number of aliphatic carboxylic acids is 1. The van der Waals surface area contributed by atoms with Gasteiger partial charge in [-0.3, -0.25) is 14.8 Å². The van der Waals surface area contributed by atoms with Gasteiger partial charge in [-0.05, 0) is 13.3 Å². The largest absolute Gasteiger partial charge is 0.480 e. The minimum atomic E-state index is -1.31.